The van der Waals surface area contributed by atoms with Crippen LogP contribution in [0, 0.1) is 0 Å². The van der Waals surface area contributed by atoms with E-state index in [9.17, 15) is 14.4 Å². The van der Waals surface area contributed by atoms with Gasteiger partial charge in [-0.15, -0.1) is 0 Å². The molecule has 1 heterocycles. The van der Waals surface area contributed by atoms with Crippen molar-refractivity contribution < 1.29 is 4.79 Å². The van der Waals surface area contributed by atoms with E-state index < -0.39 is 17.2 Å². The van der Waals surface area contributed by atoms with Gasteiger partial charge in [-0.2, -0.15) is 0 Å². The number of carbonyl (C=O) groups excluding carboxylic acids is 1. The number of carbonyl (C=O) groups is 1. The van der Waals surface area contributed by atoms with E-state index in [4.69, 9.17) is 0 Å². The Labute approximate surface area is 123 Å². The summed E-state index contributed by atoms with van der Waals surface area (Å²) in [6, 6.07) is 1.11. The molecule has 6 nitrogen and oxygen atoms in total. The van der Waals surface area contributed by atoms with E-state index in [1.165, 1.54) is 36.7 Å². The molecule has 0 aliphatic heterocycles. The lowest BCUT2D eigenvalue weighted by Crippen LogP contribution is -2.43. The topological polar surface area (TPSA) is 73.1 Å². The highest BCUT2D eigenvalue weighted by molar-refractivity contribution is 5.92. The minimum Gasteiger partial charge on any atom is -0.345 e. The molecule has 1 N–H and O–H groups in total. The molecule has 1 aliphatic rings. The molecule has 0 spiro atoms. The SMILES string of the molecule is C[C@H](NC(=O)c1cc(=O)n(C)c(=O)n1C)C1=CCCCC1. The van der Waals surface area contributed by atoms with Gasteiger partial charge in [-0.05, 0) is 32.6 Å². The van der Waals surface area contributed by atoms with Crippen molar-refractivity contribution >= 4 is 5.91 Å². The molecule has 0 fully saturated rings. The zero-order valence-electron chi connectivity index (χ0n) is 12.7. The normalized spacial score (nSPS) is 16.2. The largest absolute Gasteiger partial charge is 0.345 e. The number of amides is 1. The molecule has 0 saturated heterocycles. The van der Waals surface area contributed by atoms with Crippen molar-refractivity contribution in [3.63, 3.8) is 0 Å². The fourth-order valence-electron chi connectivity index (χ4n) is 2.57. The maximum Gasteiger partial charge on any atom is 0.331 e. The summed E-state index contributed by atoms with van der Waals surface area (Å²) in [6.07, 6.45) is 6.51. The molecule has 0 unspecified atom stereocenters. The summed E-state index contributed by atoms with van der Waals surface area (Å²) in [4.78, 5) is 35.8. The first-order chi connectivity index (χ1) is 9.91. The van der Waals surface area contributed by atoms with E-state index in [2.05, 4.69) is 11.4 Å². The highest BCUT2D eigenvalue weighted by Gasteiger charge is 2.18. The van der Waals surface area contributed by atoms with Crippen LogP contribution in [0.1, 0.15) is 43.1 Å². The van der Waals surface area contributed by atoms with Crippen LogP contribution in [-0.2, 0) is 14.1 Å². The molecule has 1 aliphatic carbocycles. The van der Waals surface area contributed by atoms with Crippen molar-refractivity contribution in [2.24, 2.45) is 14.1 Å². The summed E-state index contributed by atoms with van der Waals surface area (Å²) in [5, 5.41) is 2.87. The van der Waals surface area contributed by atoms with Crippen molar-refractivity contribution in [3.8, 4) is 0 Å². The Morgan fingerprint density at radius 3 is 2.57 bits per heavy atom. The number of hydrogen-bond donors (Lipinski definition) is 1. The Balaban J connectivity index is 2.23. The van der Waals surface area contributed by atoms with Crippen LogP contribution in [0.4, 0.5) is 0 Å². The Bertz CT molecular complexity index is 697. The van der Waals surface area contributed by atoms with Crippen molar-refractivity contribution in [2.75, 3.05) is 0 Å². The van der Waals surface area contributed by atoms with Gasteiger partial charge in [0.2, 0.25) is 0 Å². The van der Waals surface area contributed by atoms with E-state index in [-0.39, 0.29) is 11.7 Å². The third kappa shape index (κ3) is 3.15. The summed E-state index contributed by atoms with van der Waals surface area (Å²) < 4.78 is 2.17. The maximum atomic E-state index is 12.3. The summed E-state index contributed by atoms with van der Waals surface area (Å²) >= 11 is 0. The van der Waals surface area contributed by atoms with Crippen molar-refractivity contribution in [1.29, 1.82) is 0 Å². The Kier molecular flexibility index (Phi) is 4.45. The number of allylic oxidation sites excluding steroid dienone is 1. The summed E-state index contributed by atoms with van der Waals surface area (Å²) in [5.74, 6) is -0.397. The lowest BCUT2D eigenvalue weighted by atomic mass is 9.95. The molecular formula is C15H21N3O3. The van der Waals surface area contributed by atoms with Crippen LogP contribution in [0.25, 0.3) is 0 Å². The zero-order chi connectivity index (χ0) is 15.6. The molecule has 0 bridgehead atoms. The minimum absolute atomic E-state index is 0.0861. The van der Waals surface area contributed by atoms with Crippen LogP contribution >= 0.6 is 0 Å². The molecule has 0 radical (unpaired) electrons. The van der Waals surface area contributed by atoms with E-state index in [1.54, 1.807) is 0 Å². The van der Waals surface area contributed by atoms with Crippen LogP contribution in [-0.4, -0.2) is 21.1 Å². The molecule has 6 heteroatoms. The predicted octanol–water partition coefficient (Wildman–Crippen LogP) is 0.703. The second-order valence-electron chi connectivity index (χ2n) is 5.49. The Hall–Kier alpha value is -2.11. The van der Waals surface area contributed by atoms with Crippen molar-refractivity contribution in [2.45, 2.75) is 38.6 Å². The number of aromatic nitrogens is 2. The first kappa shape index (κ1) is 15.3. The van der Waals surface area contributed by atoms with Gasteiger partial charge in [0.15, 0.2) is 0 Å². The zero-order valence-corrected chi connectivity index (χ0v) is 12.7. The lowest BCUT2D eigenvalue weighted by Gasteiger charge is -2.21. The highest BCUT2D eigenvalue weighted by atomic mass is 16.2. The third-order valence-corrected chi connectivity index (χ3v) is 3.99. The average Bonchev–Trinajstić information content (AvgIpc) is 2.49. The highest BCUT2D eigenvalue weighted by Crippen LogP contribution is 2.20. The molecule has 114 valence electrons. The predicted molar refractivity (Wildman–Crippen MR) is 80.4 cm³/mol. The molecule has 1 aromatic heterocycles. The summed E-state index contributed by atoms with van der Waals surface area (Å²) in [6.45, 7) is 1.92. The van der Waals surface area contributed by atoms with Gasteiger partial charge in [-0.25, -0.2) is 4.79 Å². The van der Waals surface area contributed by atoms with Gasteiger partial charge in [0.1, 0.15) is 5.69 Å². The first-order valence-corrected chi connectivity index (χ1v) is 7.18. The van der Waals surface area contributed by atoms with E-state index in [0.29, 0.717) is 0 Å². The first-order valence-electron chi connectivity index (χ1n) is 7.18. The van der Waals surface area contributed by atoms with Gasteiger partial charge >= 0.3 is 5.69 Å². The van der Waals surface area contributed by atoms with Crippen molar-refractivity contribution in [1.82, 2.24) is 14.5 Å². The molecule has 1 atom stereocenters. The van der Waals surface area contributed by atoms with Gasteiger partial charge in [0.05, 0.1) is 0 Å². The lowest BCUT2D eigenvalue weighted by molar-refractivity contribution is 0.0934. The number of nitrogens with zero attached hydrogens (tertiary/aromatic N) is 2. The monoisotopic (exact) mass is 291 g/mol. The second-order valence-corrected chi connectivity index (χ2v) is 5.49. The van der Waals surface area contributed by atoms with Crippen LogP contribution in [0.15, 0.2) is 27.3 Å². The summed E-state index contributed by atoms with van der Waals surface area (Å²) in [5.41, 5.74) is 0.319. The quantitative estimate of drug-likeness (QED) is 0.833. The van der Waals surface area contributed by atoms with Gasteiger partial charge in [0, 0.05) is 26.2 Å². The second kappa shape index (κ2) is 6.11. The van der Waals surface area contributed by atoms with Gasteiger partial charge in [-0.1, -0.05) is 11.6 Å². The fourth-order valence-corrected chi connectivity index (χ4v) is 2.57. The minimum atomic E-state index is -0.503. The van der Waals surface area contributed by atoms with E-state index >= 15 is 0 Å². The van der Waals surface area contributed by atoms with Gasteiger partial charge in [-0.3, -0.25) is 18.7 Å². The Morgan fingerprint density at radius 2 is 1.95 bits per heavy atom. The van der Waals surface area contributed by atoms with Gasteiger partial charge < -0.3 is 5.32 Å². The van der Waals surface area contributed by atoms with Crippen molar-refractivity contribution in [3.05, 3.63) is 44.2 Å². The molecule has 1 amide bonds. The fraction of sp³-hybridized carbons (Fsp3) is 0.533. The number of rotatable bonds is 3. The van der Waals surface area contributed by atoms with Crippen LogP contribution in [0.2, 0.25) is 0 Å². The van der Waals surface area contributed by atoms with Gasteiger partial charge in [0.25, 0.3) is 11.5 Å². The molecular weight excluding hydrogens is 270 g/mol. The number of hydrogen-bond acceptors (Lipinski definition) is 3. The molecule has 2 rings (SSSR count). The Morgan fingerprint density at radius 1 is 1.24 bits per heavy atom. The van der Waals surface area contributed by atoms with Crippen LogP contribution in [0.5, 0.6) is 0 Å². The van der Waals surface area contributed by atoms with E-state index in [1.807, 2.05) is 6.92 Å². The molecule has 1 aromatic rings. The average molecular weight is 291 g/mol. The molecule has 0 saturated carbocycles. The standard InChI is InChI=1S/C15H21N3O3/c1-10(11-7-5-4-6-8-11)16-14(20)12-9-13(19)18(3)15(21)17(12)2/h7,9-10H,4-6,8H2,1-3H3,(H,16,20)/t10-/m0/s1. The molecule has 21 heavy (non-hydrogen) atoms. The number of nitrogens with one attached hydrogen (secondary N) is 1. The smallest absolute Gasteiger partial charge is 0.331 e. The summed E-state index contributed by atoms with van der Waals surface area (Å²) in [7, 11) is 2.88. The van der Waals surface area contributed by atoms with E-state index in [0.717, 1.165) is 23.8 Å². The van der Waals surface area contributed by atoms with Crippen LogP contribution in [0.3, 0.4) is 0 Å². The molecule has 0 aromatic carbocycles. The van der Waals surface area contributed by atoms with Crippen LogP contribution < -0.4 is 16.6 Å². The maximum absolute atomic E-state index is 12.3. The third-order valence-electron chi connectivity index (χ3n) is 3.99.